The largest absolute Gasteiger partial charge is 0.383 e. The molecule has 1 amide bonds. The number of methoxy groups -OCH3 is 1. The van der Waals surface area contributed by atoms with Crippen LogP contribution in [0.4, 0.5) is 0 Å². The summed E-state index contributed by atoms with van der Waals surface area (Å²) in [6.07, 6.45) is 3.15. The number of nitrogens with zero attached hydrogens (tertiary/aromatic N) is 4. The van der Waals surface area contributed by atoms with E-state index in [-0.39, 0.29) is 30.5 Å². The Hall–Kier alpha value is -3.00. The summed E-state index contributed by atoms with van der Waals surface area (Å²) in [6, 6.07) is 9.42. The quantitative estimate of drug-likeness (QED) is 0.686. The number of carbonyl (C=O) groups is 1. The van der Waals surface area contributed by atoms with Gasteiger partial charge in [0, 0.05) is 26.1 Å². The maximum absolute atomic E-state index is 12.6. The molecule has 2 heterocycles. The molecule has 2 aromatic heterocycles. The van der Waals surface area contributed by atoms with E-state index in [1.807, 2.05) is 37.3 Å². The number of carbonyl (C=O) groups excluding carboxylic acids is 1. The molecule has 136 valence electrons. The molecule has 0 spiro atoms. The standard InChI is InChI=1S/C18H21N5O3/c1-13(11-26-2)21-16(24)8-9-22-12-19-17-15(18(22)25)10-20-23(17)14-6-4-3-5-7-14/h3-7,10,12-13H,8-9,11H2,1-2H3,(H,21,24). The van der Waals surface area contributed by atoms with E-state index in [9.17, 15) is 9.59 Å². The minimum Gasteiger partial charge on any atom is -0.383 e. The molecule has 26 heavy (non-hydrogen) atoms. The Labute approximate surface area is 150 Å². The molecule has 0 radical (unpaired) electrons. The van der Waals surface area contributed by atoms with Crippen LogP contribution in [0.1, 0.15) is 13.3 Å². The summed E-state index contributed by atoms with van der Waals surface area (Å²) in [5, 5.41) is 7.51. The Balaban J connectivity index is 1.76. The molecule has 1 unspecified atom stereocenters. The molecular weight excluding hydrogens is 334 g/mol. The number of aromatic nitrogens is 4. The highest BCUT2D eigenvalue weighted by Crippen LogP contribution is 2.12. The molecule has 8 heteroatoms. The van der Waals surface area contributed by atoms with E-state index in [0.29, 0.717) is 17.6 Å². The van der Waals surface area contributed by atoms with Gasteiger partial charge >= 0.3 is 0 Å². The molecule has 0 saturated carbocycles. The van der Waals surface area contributed by atoms with Crippen LogP contribution in [0.2, 0.25) is 0 Å². The Morgan fingerprint density at radius 2 is 2.08 bits per heavy atom. The lowest BCUT2D eigenvalue weighted by atomic mass is 10.3. The Bertz CT molecular complexity index is 948. The van der Waals surface area contributed by atoms with Crippen LogP contribution < -0.4 is 10.9 Å². The smallest absolute Gasteiger partial charge is 0.264 e. The van der Waals surface area contributed by atoms with Gasteiger partial charge in [-0.05, 0) is 19.1 Å². The molecule has 0 aliphatic carbocycles. The lowest BCUT2D eigenvalue weighted by Gasteiger charge is -2.13. The highest BCUT2D eigenvalue weighted by atomic mass is 16.5. The van der Waals surface area contributed by atoms with Crippen LogP contribution in [0.3, 0.4) is 0 Å². The van der Waals surface area contributed by atoms with E-state index in [1.54, 1.807) is 11.8 Å². The number of aryl methyl sites for hydroxylation is 1. The summed E-state index contributed by atoms with van der Waals surface area (Å²) in [4.78, 5) is 28.9. The van der Waals surface area contributed by atoms with Crippen molar-refractivity contribution in [2.45, 2.75) is 25.9 Å². The third-order valence-electron chi connectivity index (χ3n) is 3.96. The molecular formula is C18H21N5O3. The molecule has 8 nitrogen and oxygen atoms in total. The number of nitrogens with one attached hydrogen (secondary N) is 1. The molecule has 0 saturated heterocycles. The molecule has 0 aliphatic rings. The van der Waals surface area contributed by atoms with Crippen molar-refractivity contribution in [1.82, 2.24) is 24.6 Å². The maximum Gasteiger partial charge on any atom is 0.264 e. The predicted octanol–water partition coefficient (Wildman–Crippen LogP) is 1.12. The van der Waals surface area contributed by atoms with Crippen LogP contribution in [0.15, 0.2) is 47.7 Å². The normalized spacial score (nSPS) is 12.2. The fraction of sp³-hybridized carbons (Fsp3) is 0.333. The number of benzene rings is 1. The molecule has 0 bridgehead atoms. The maximum atomic E-state index is 12.6. The molecule has 0 aliphatic heterocycles. The minimum atomic E-state index is -0.213. The number of ether oxygens (including phenoxy) is 1. The molecule has 1 N–H and O–H groups in total. The third kappa shape index (κ3) is 3.80. The number of rotatable bonds is 7. The highest BCUT2D eigenvalue weighted by molar-refractivity contribution is 5.76. The van der Waals surface area contributed by atoms with Crippen molar-refractivity contribution in [3.63, 3.8) is 0 Å². The van der Waals surface area contributed by atoms with Crippen LogP contribution >= 0.6 is 0 Å². The van der Waals surface area contributed by atoms with Gasteiger partial charge in [-0.3, -0.25) is 14.2 Å². The van der Waals surface area contributed by atoms with Gasteiger partial charge in [-0.2, -0.15) is 5.10 Å². The summed E-state index contributed by atoms with van der Waals surface area (Å²) in [7, 11) is 1.58. The van der Waals surface area contributed by atoms with Crippen molar-refractivity contribution < 1.29 is 9.53 Å². The van der Waals surface area contributed by atoms with E-state index in [1.165, 1.54) is 17.1 Å². The highest BCUT2D eigenvalue weighted by Gasteiger charge is 2.12. The first-order valence-electron chi connectivity index (χ1n) is 8.37. The molecule has 3 aromatic rings. The van der Waals surface area contributed by atoms with Crippen molar-refractivity contribution >= 4 is 16.9 Å². The second-order valence-electron chi connectivity index (χ2n) is 6.05. The second-order valence-corrected chi connectivity index (χ2v) is 6.05. The second kappa shape index (κ2) is 7.92. The van der Waals surface area contributed by atoms with Gasteiger partial charge in [0.1, 0.15) is 5.39 Å². The van der Waals surface area contributed by atoms with Gasteiger partial charge in [0.25, 0.3) is 5.56 Å². The van der Waals surface area contributed by atoms with Crippen molar-refractivity contribution in [2.24, 2.45) is 0 Å². The van der Waals surface area contributed by atoms with Crippen LogP contribution in [0.25, 0.3) is 16.7 Å². The van der Waals surface area contributed by atoms with Gasteiger partial charge in [0.2, 0.25) is 5.91 Å². The molecule has 1 aromatic carbocycles. The monoisotopic (exact) mass is 355 g/mol. The summed E-state index contributed by atoms with van der Waals surface area (Å²) < 4.78 is 8.04. The fourth-order valence-corrected chi connectivity index (χ4v) is 2.73. The Morgan fingerprint density at radius 3 is 2.81 bits per heavy atom. The lowest BCUT2D eigenvalue weighted by molar-refractivity contribution is -0.122. The van der Waals surface area contributed by atoms with E-state index in [4.69, 9.17) is 4.74 Å². The molecule has 0 fully saturated rings. The fourth-order valence-electron chi connectivity index (χ4n) is 2.73. The number of fused-ring (bicyclic) bond motifs is 1. The third-order valence-corrected chi connectivity index (χ3v) is 3.96. The van der Waals surface area contributed by atoms with Crippen LogP contribution in [0.5, 0.6) is 0 Å². The Morgan fingerprint density at radius 1 is 1.31 bits per heavy atom. The summed E-state index contributed by atoms with van der Waals surface area (Å²) in [6.45, 7) is 2.56. The van der Waals surface area contributed by atoms with Crippen molar-refractivity contribution in [2.75, 3.05) is 13.7 Å². The van der Waals surface area contributed by atoms with Gasteiger partial charge < -0.3 is 10.1 Å². The number of hydrogen-bond acceptors (Lipinski definition) is 5. The average molecular weight is 355 g/mol. The average Bonchev–Trinajstić information content (AvgIpc) is 3.07. The van der Waals surface area contributed by atoms with Crippen LogP contribution in [-0.4, -0.2) is 45.0 Å². The van der Waals surface area contributed by atoms with Gasteiger partial charge in [-0.1, -0.05) is 18.2 Å². The van der Waals surface area contributed by atoms with Gasteiger partial charge in [0.15, 0.2) is 5.65 Å². The summed E-state index contributed by atoms with van der Waals surface area (Å²) in [5.74, 6) is -0.137. The van der Waals surface area contributed by atoms with Crippen molar-refractivity contribution in [3.05, 3.63) is 53.2 Å². The first-order chi connectivity index (χ1) is 12.6. The zero-order valence-electron chi connectivity index (χ0n) is 14.8. The van der Waals surface area contributed by atoms with Gasteiger partial charge in [0.05, 0.1) is 24.8 Å². The van der Waals surface area contributed by atoms with Gasteiger partial charge in [-0.15, -0.1) is 0 Å². The topological polar surface area (TPSA) is 91.0 Å². The number of amides is 1. The lowest BCUT2D eigenvalue weighted by Crippen LogP contribution is -2.36. The Kier molecular flexibility index (Phi) is 5.43. The van der Waals surface area contributed by atoms with E-state index in [2.05, 4.69) is 15.4 Å². The van der Waals surface area contributed by atoms with E-state index in [0.717, 1.165) is 5.69 Å². The van der Waals surface area contributed by atoms with Crippen LogP contribution in [-0.2, 0) is 16.1 Å². The van der Waals surface area contributed by atoms with E-state index < -0.39 is 0 Å². The minimum absolute atomic E-state index is 0.0751. The number of para-hydroxylation sites is 1. The van der Waals surface area contributed by atoms with E-state index >= 15 is 0 Å². The SMILES string of the molecule is COCC(C)NC(=O)CCn1cnc2c(cnn2-c2ccccc2)c1=O. The van der Waals surface area contributed by atoms with Gasteiger partial charge in [-0.25, -0.2) is 9.67 Å². The zero-order valence-corrected chi connectivity index (χ0v) is 14.8. The zero-order chi connectivity index (χ0) is 18.5. The first kappa shape index (κ1) is 17.8. The first-order valence-corrected chi connectivity index (χ1v) is 8.37. The van der Waals surface area contributed by atoms with Crippen molar-refractivity contribution in [3.8, 4) is 5.69 Å². The number of hydrogen-bond donors (Lipinski definition) is 1. The predicted molar refractivity (Wildman–Crippen MR) is 97.2 cm³/mol. The molecule has 1 atom stereocenters. The molecule has 3 rings (SSSR count). The van der Waals surface area contributed by atoms with Crippen LogP contribution in [0, 0.1) is 0 Å². The summed E-state index contributed by atoms with van der Waals surface area (Å²) in [5.41, 5.74) is 1.11. The summed E-state index contributed by atoms with van der Waals surface area (Å²) >= 11 is 0. The van der Waals surface area contributed by atoms with Crippen molar-refractivity contribution in [1.29, 1.82) is 0 Å².